The average Bonchev–Trinajstić information content (AvgIpc) is 2.11. The van der Waals surface area contributed by atoms with E-state index in [0.29, 0.717) is 0 Å². The number of hydrogen-bond donors (Lipinski definition) is 1. The van der Waals surface area contributed by atoms with Crippen molar-refractivity contribution < 1.29 is 0 Å². The quantitative estimate of drug-likeness (QED) is 0.448. The molecular weight excluding hydrogens is 158 g/mol. The molecule has 0 radical (unpaired) electrons. The Morgan fingerprint density at radius 3 is 2.77 bits per heavy atom. The maximum Gasteiger partial charge on any atom is 0.00865 e. The SMILES string of the molecule is C#CCCCCNCC(C)CCC. The van der Waals surface area contributed by atoms with E-state index in [9.17, 15) is 0 Å². The lowest BCUT2D eigenvalue weighted by molar-refractivity contribution is 0.471. The van der Waals surface area contributed by atoms with Gasteiger partial charge in [0, 0.05) is 6.42 Å². The maximum atomic E-state index is 5.16. The highest BCUT2D eigenvalue weighted by atomic mass is 14.8. The molecule has 0 aliphatic rings. The van der Waals surface area contributed by atoms with Gasteiger partial charge in [-0.1, -0.05) is 20.3 Å². The van der Waals surface area contributed by atoms with E-state index < -0.39 is 0 Å². The smallest absolute Gasteiger partial charge is 0.00865 e. The van der Waals surface area contributed by atoms with Gasteiger partial charge in [-0.2, -0.15) is 0 Å². The first-order chi connectivity index (χ1) is 6.31. The minimum atomic E-state index is 0.817. The molecule has 0 aliphatic carbocycles. The summed E-state index contributed by atoms with van der Waals surface area (Å²) >= 11 is 0. The average molecular weight is 181 g/mol. The van der Waals surface area contributed by atoms with E-state index in [4.69, 9.17) is 6.42 Å². The molecule has 1 N–H and O–H groups in total. The summed E-state index contributed by atoms with van der Waals surface area (Å²) in [5, 5.41) is 3.46. The van der Waals surface area contributed by atoms with E-state index in [0.717, 1.165) is 31.8 Å². The first-order valence-electron chi connectivity index (χ1n) is 5.45. The van der Waals surface area contributed by atoms with Gasteiger partial charge < -0.3 is 5.32 Å². The van der Waals surface area contributed by atoms with Crippen LogP contribution in [0.2, 0.25) is 0 Å². The molecule has 1 heteroatoms. The summed E-state index contributed by atoms with van der Waals surface area (Å²) in [6.45, 7) is 6.82. The van der Waals surface area contributed by atoms with Crippen LogP contribution in [0.3, 0.4) is 0 Å². The molecule has 0 aromatic rings. The van der Waals surface area contributed by atoms with Crippen molar-refractivity contribution in [2.75, 3.05) is 13.1 Å². The van der Waals surface area contributed by atoms with Gasteiger partial charge in [0.2, 0.25) is 0 Å². The molecule has 13 heavy (non-hydrogen) atoms. The Kier molecular flexibility index (Phi) is 9.25. The molecule has 1 atom stereocenters. The zero-order chi connectivity index (χ0) is 9.94. The third kappa shape index (κ3) is 9.43. The Balaban J connectivity index is 3.03. The molecule has 0 spiro atoms. The van der Waals surface area contributed by atoms with Crippen LogP contribution >= 0.6 is 0 Å². The van der Waals surface area contributed by atoms with Crippen LogP contribution in [0.1, 0.15) is 46.0 Å². The highest BCUT2D eigenvalue weighted by Crippen LogP contribution is 2.02. The van der Waals surface area contributed by atoms with E-state index in [1.807, 2.05) is 0 Å². The molecule has 0 fully saturated rings. The minimum absolute atomic E-state index is 0.817. The molecule has 0 heterocycles. The van der Waals surface area contributed by atoms with Crippen molar-refractivity contribution in [1.29, 1.82) is 0 Å². The van der Waals surface area contributed by atoms with Crippen LogP contribution in [0.4, 0.5) is 0 Å². The summed E-state index contributed by atoms with van der Waals surface area (Å²) in [4.78, 5) is 0. The van der Waals surface area contributed by atoms with Gasteiger partial charge in [-0.05, 0) is 38.3 Å². The summed E-state index contributed by atoms with van der Waals surface area (Å²) in [5.41, 5.74) is 0. The molecule has 0 saturated carbocycles. The Bertz CT molecular complexity index is 135. The number of unbranched alkanes of at least 4 members (excludes halogenated alkanes) is 2. The molecular formula is C12H23N. The lowest BCUT2D eigenvalue weighted by Crippen LogP contribution is -2.22. The topological polar surface area (TPSA) is 12.0 Å². The molecule has 1 nitrogen and oxygen atoms in total. The normalized spacial score (nSPS) is 12.4. The lowest BCUT2D eigenvalue weighted by Gasteiger charge is -2.10. The molecule has 76 valence electrons. The second kappa shape index (κ2) is 9.61. The summed E-state index contributed by atoms with van der Waals surface area (Å²) in [5.74, 6) is 3.48. The fourth-order valence-corrected chi connectivity index (χ4v) is 1.42. The first kappa shape index (κ1) is 12.5. The van der Waals surface area contributed by atoms with Crippen LogP contribution in [0.25, 0.3) is 0 Å². The number of rotatable bonds is 8. The van der Waals surface area contributed by atoms with Crippen molar-refractivity contribution in [1.82, 2.24) is 5.32 Å². The van der Waals surface area contributed by atoms with E-state index >= 15 is 0 Å². The molecule has 0 aromatic carbocycles. The Hall–Kier alpha value is -0.480. The van der Waals surface area contributed by atoms with Crippen LogP contribution in [0.15, 0.2) is 0 Å². The van der Waals surface area contributed by atoms with Crippen molar-refractivity contribution in [2.45, 2.75) is 46.0 Å². The standard InChI is InChI=1S/C12H23N/c1-4-6-7-8-10-13-11-12(3)9-5-2/h1,12-13H,5-11H2,2-3H3. The van der Waals surface area contributed by atoms with Crippen molar-refractivity contribution in [3.8, 4) is 12.3 Å². The number of hydrogen-bond acceptors (Lipinski definition) is 1. The Labute approximate surface area is 83.3 Å². The second-order valence-corrected chi connectivity index (χ2v) is 3.76. The number of nitrogens with one attached hydrogen (secondary N) is 1. The molecule has 0 aliphatic heterocycles. The van der Waals surface area contributed by atoms with Gasteiger partial charge in [0.15, 0.2) is 0 Å². The summed E-state index contributed by atoms with van der Waals surface area (Å²) in [6.07, 6.45) is 11.1. The fourth-order valence-electron chi connectivity index (χ4n) is 1.42. The van der Waals surface area contributed by atoms with Gasteiger partial charge in [0.25, 0.3) is 0 Å². The lowest BCUT2D eigenvalue weighted by atomic mass is 10.1. The number of terminal acetylenes is 1. The van der Waals surface area contributed by atoms with E-state index in [1.54, 1.807) is 0 Å². The first-order valence-corrected chi connectivity index (χ1v) is 5.45. The van der Waals surface area contributed by atoms with Crippen molar-refractivity contribution in [2.24, 2.45) is 5.92 Å². The fraction of sp³-hybridized carbons (Fsp3) is 0.833. The predicted molar refractivity (Wildman–Crippen MR) is 59.6 cm³/mol. The zero-order valence-corrected chi connectivity index (χ0v) is 9.10. The summed E-state index contributed by atoms with van der Waals surface area (Å²) in [6, 6.07) is 0. The summed E-state index contributed by atoms with van der Waals surface area (Å²) < 4.78 is 0. The molecule has 0 rings (SSSR count). The van der Waals surface area contributed by atoms with Gasteiger partial charge in [-0.3, -0.25) is 0 Å². The third-order valence-electron chi connectivity index (χ3n) is 2.20. The second-order valence-electron chi connectivity index (χ2n) is 3.76. The molecule has 0 aromatic heterocycles. The van der Waals surface area contributed by atoms with Gasteiger partial charge in [-0.25, -0.2) is 0 Å². The molecule has 1 unspecified atom stereocenters. The largest absolute Gasteiger partial charge is 0.316 e. The van der Waals surface area contributed by atoms with Crippen LogP contribution in [0.5, 0.6) is 0 Å². The van der Waals surface area contributed by atoms with Gasteiger partial charge >= 0.3 is 0 Å². The van der Waals surface area contributed by atoms with E-state index in [-0.39, 0.29) is 0 Å². The van der Waals surface area contributed by atoms with Crippen molar-refractivity contribution >= 4 is 0 Å². The minimum Gasteiger partial charge on any atom is -0.316 e. The zero-order valence-electron chi connectivity index (χ0n) is 9.10. The van der Waals surface area contributed by atoms with Crippen LogP contribution in [0, 0.1) is 18.3 Å². The highest BCUT2D eigenvalue weighted by Gasteiger charge is 1.98. The summed E-state index contributed by atoms with van der Waals surface area (Å²) in [7, 11) is 0. The van der Waals surface area contributed by atoms with Crippen molar-refractivity contribution in [3.63, 3.8) is 0 Å². The van der Waals surface area contributed by atoms with Crippen molar-refractivity contribution in [3.05, 3.63) is 0 Å². The Morgan fingerprint density at radius 2 is 2.15 bits per heavy atom. The van der Waals surface area contributed by atoms with E-state index in [1.165, 1.54) is 19.3 Å². The Morgan fingerprint density at radius 1 is 1.38 bits per heavy atom. The molecule has 0 saturated heterocycles. The van der Waals surface area contributed by atoms with Crippen LogP contribution in [-0.4, -0.2) is 13.1 Å². The van der Waals surface area contributed by atoms with Gasteiger partial charge in [0.1, 0.15) is 0 Å². The third-order valence-corrected chi connectivity index (χ3v) is 2.20. The predicted octanol–water partition coefficient (Wildman–Crippen LogP) is 2.82. The molecule has 0 amide bonds. The highest BCUT2D eigenvalue weighted by molar-refractivity contribution is 4.82. The molecule has 0 bridgehead atoms. The van der Waals surface area contributed by atoms with E-state index in [2.05, 4.69) is 25.1 Å². The monoisotopic (exact) mass is 181 g/mol. The maximum absolute atomic E-state index is 5.16. The van der Waals surface area contributed by atoms with Gasteiger partial charge in [0.05, 0.1) is 0 Å². The van der Waals surface area contributed by atoms with Crippen LogP contribution in [-0.2, 0) is 0 Å². The van der Waals surface area contributed by atoms with Crippen LogP contribution < -0.4 is 5.32 Å². The van der Waals surface area contributed by atoms with Gasteiger partial charge in [-0.15, -0.1) is 12.3 Å².